The Labute approximate surface area is 154 Å². The van der Waals surface area contributed by atoms with Crippen molar-refractivity contribution in [2.24, 2.45) is 5.92 Å². The van der Waals surface area contributed by atoms with Crippen LogP contribution in [0.15, 0.2) is 36.5 Å². The van der Waals surface area contributed by atoms with E-state index in [0.717, 1.165) is 17.9 Å². The first-order valence-corrected chi connectivity index (χ1v) is 9.17. The SMILES string of the molecule is Cc1ccc(C)n1CCC(=O)N[C@@H](CC(C)C)c1nnc2ccccn12. The Balaban J connectivity index is 1.73. The van der Waals surface area contributed by atoms with E-state index in [1.54, 1.807) is 0 Å². The number of aromatic nitrogens is 4. The van der Waals surface area contributed by atoms with Gasteiger partial charge >= 0.3 is 0 Å². The van der Waals surface area contributed by atoms with Crippen LogP contribution in [0, 0.1) is 19.8 Å². The fraction of sp³-hybridized carbons (Fsp3) is 0.450. The number of nitrogens with zero attached hydrogens (tertiary/aromatic N) is 4. The molecule has 26 heavy (non-hydrogen) atoms. The summed E-state index contributed by atoms with van der Waals surface area (Å²) in [7, 11) is 0. The van der Waals surface area contributed by atoms with Crippen LogP contribution in [0.25, 0.3) is 5.65 Å². The van der Waals surface area contributed by atoms with Crippen LogP contribution in [0.1, 0.15) is 49.9 Å². The second kappa shape index (κ2) is 7.72. The third-order valence-corrected chi connectivity index (χ3v) is 4.67. The van der Waals surface area contributed by atoms with Crippen molar-refractivity contribution < 1.29 is 4.79 Å². The van der Waals surface area contributed by atoms with E-state index < -0.39 is 0 Å². The Hall–Kier alpha value is -2.63. The van der Waals surface area contributed by atoms with Gasteiger partial charge in [-0.2, -0.15) is 0 Å². The molecule has 0 aliphatic heterocycles. The Morgan fingerprint density at radius 1 is 1.12 bits per heavy atom. The summed E-state index contributed by atoms with van der Waals surface area (Å²) in [4.78, 5) is 12.6. The highest BCUT2D eigenvalue weighted by Crippen LogP contribution is 2.21. The highest BCUT2D eigenvalue weighted by atomic mass is 16.1. The number of aryl methyl sites for hydroxylation is 2. The molecule has 6 nitrogen and oxygen atoms in total. The normalized spacial score (nSPS) is 12.7. The lowest BCUT2D eigenvalue weighted by Crippen LogP contribution is -2.31. The molecule has 1 atom stereocenters. The molecule has 3 rings (SSSR count). The van der Waals surface area contributed by atoms with E-state index in [0.29, 0.717) is 18.9 Å². The molecule has 1 N–H and O–H groups in total. The van der Waals surface area contributed by atoms with Crippen molar-refractivity contribution in [3.63, 3.8) is 0 Å². The number of carbonyl (C=O) groups is 1. The van der Waals surface area contributed by atoms with Crippen molar-refractivity contribution in [2.75, 3.05) is 0 Å². The minimum Gasteiger partial charge on any atom is -0.349 e. The summed E-state index contributed by atoms with van der Waals surface area (Å²) in [6.07, 6.45) is 3.21. The highest BCUT2D eigenvalue weighted by Gasteiger charge is 2.21. The van der Waals surface area contributed by atoms with Gasteiger partial charge in [-0.15, -0.1) is 10.2 Å². The van der Waals surface area contributed by atoms with E-state index in [9.17, 15) is 4.79 Å². The van der Waals surface area contributed by atoms with Gasteiger partial charge in [-0.05, 0) is 50.5 Å². The molecule has 0 saturated carbocycles. The number of hydrogen-bond acceptors (Lipinski definition) is 3. The number of pyridine rings is 1. The van der Waals surface area contributed by atoms with E-state index in [-0.39, 0.29) is 11.9 Å². The molecule has 0 bridgehead atoms. The Bertz CT molecular complexity index is 873. The average Bonchev–Trinajstić information content (AvgIpc) is 3.16. The third-order valence-electron chi connectivity index (χ3n) is 4.67. The summed E-state index contributed by atoms with van der Waals surface area (Å²) in [5.74, 6) is 1.26. The zero-order valence-corrected chi connectivity index (χ0v) is 15.9. The number of nitrogens with one attached hydrogen (secondary N) is 1. The van der Waals surface area contributed by atoms with Crippen LogP contribution in [-0.4, -0.2) is 25.1 Å². The Kier molecular flexibility index (Phi) is 5.40. The lowest BCUT2D eigenvalue weighted by Gasteiger charge is -2.19. The predicted octanol–water partition coefficient (Wildman–Crippen LogP) is 3.44. The van der Waals surface area contributed by atoms with Gasteiger partial charge in [0.05, 0.1) is 6.04 Å². The second-order valence-corrected chi connectivity index (χ2v) is 7.25. The maximum Gasteiger partial charge on any atom is 0.222 e. The van der Waals surface area contributed by atoms with Gasteiger partial charge in [0.15, 0.2) is 11.5 Å². The number of amides is 1. The first-order chi connectivity index (χ1) is 12.5. The van der Waals surface area contributed by atoms with Crippen LogP contribution >= 0.6 is 0 Å². The second-order valence-electron chi connectivity index (χ2n) is 7.25. The van der Waals surface area contributed by atoms with Crippen molar-refractivity contribution in [1.82, 2.24) is 24.5 Å². The van der Waals surface area contributed by atoms with Gasteiger partial charge < -0.3 is 9.88 Å². The molecule has 0 saturated heterocycles. The van der Waals surface area contributed by atoms with E-state index in [1.807, 2.05) is 28.8 Å². The molecule has 6 heteroatoms. The zero-order valence-electron chi connectivity index (χ0n) is 15.9. The molecule has 3 aromatic rings. The molecular weight excluding hydrogens is 326 g/mol. The monoisotopic (exact) mass is 353 g/mol. The standard InChI is InChI=1S/C20H27N5O/c1-14(2)13-17(20-23-22-18-7-5-6-11-25(18)20)21-19(26)10-12-24-15(3)8-9-16(24)4/h5-9,11,14,17H,10,12-13H2,1-4H3,(H,21,26)/t17-/m0/s1. The fourth-order valence-corrected chi connectivity index (χ4v) is 3.33. The number of hydrogen-bond donors (Lipinski definition) is 1. The van der Waals surface area contributed by atoms with Crippen LogP contribution in [0.3, 0.4) is 0 Å². The predicted molar refractivity (Wildman–Crippen MR) is 102 cm³/mol. The molecule has 3 heterocycles. The Morgan fingerprint density at radius 3 is 2.54 bits per heavy atom. The van der Waals surface area contributed by atoms with Crippen molar-refractivity contribution in [2.45, 2.75) is 53.1 Å². The first-order valence-electron chi connectivity index (χ1n) is 9.17. The summed E-state index contributed by atoms with van der Waals surface area (Å²) in [5, 5.41) is 11.7. The number of carbonyl (C=O) groups excluding carboxylic acids is 1. The smallest absolute Gasteiger partial charge is 0.222 e. The number of fused-ring (bicyclic) bond motifs is 1. The van der Waals surface area contributed by atoms with Crippen LogP contribution in [-0.2, 0) is 11.3 Å². The highest BCUT2D eigenvalue weighted by molar-refractivity contribution is 5.76. The number of rotatable bonds is 7. The van der Waals surface area contributed by atoms with Gasteiger partial charge in [0.2, 0.25) is 5.91 Å². The lowest BCUT2D eigenvalue weighted by atomic mass is 10.0. The average molecular weight is 353 g/mol. The molecule has 0 aliphatic carbocycles. The van der Waals surface area contributed by atoms with Crippen molar-refractivity contribution in [3.8, 4) is 0 Å². The first kappa shape index (κ1) is 18.2. The van der Waals surface area contributed by atoms with Crippen LogP contribution < -0.4 is 5.32 Å². The van der Waals surface area contributed by atoms with Gasteiger partial charge in [-0.3, -0.25) is 9.20 Å². The molecule has 0 fully saturated rings. The molecule has 3 aromatic heterocycles. The molecule has 0 unspecified atom stereocenters. The fourth-order valence-electron chi connectivity index (χ4n) is 3.33. The molecular formula is C20H27N5O. The summed E-state index contributed by atoms with van der Waals surface area (Å²) < 4.78 is 4.12. The molecule has 0 aromatic carbocycles. The minimum atomic E-state index is -0.147. The van der Waals surface area contributed by atoms with Gasteiger partial charge in [-0.1, -0.05) is 19.9 Å². The molecule has 138 valence electrons. The quantitative estimate of drug-likeness (QED) is 0.708. The zero-order chi connectivity index (χ0) is 18.7. The summed E-state index contributed by atoms with van der Waals surface area (Å²) in [6, 6.07) is 9.82. The third kappa shape index (κ3) is 3.95. The van der Waals surface area contributed by atoms with E-state index in [2.05, 4.69) is 59.9 Å². The summed E-state index contributed by atoms with van der Waals surface area (Å²) in [5.41, 5.74) is 3.15. The summed E-state index contributed by atoms with van der Waals surface area (Å²) >= 11 is 0. The minimum absolute atomic E-state index is 0.0378. The maximum absolute atomic E-state index is 12.6. The van der Waals surface area contributed by atoms with Crippen LogP contribution in [0.4, 0.5) is 0 Å². The van der Waals surface area contributed by atoms with Gasteiger partial charge in [0.25, 0.3) is 0 Å². The molecule has 1 amide bonds. The van der Waals surface area contributed by atoms with Gasteiger partial charge in [0.1, 0.15) is 0 Å². The molecule has 0 aliphatic rings. The van der Waals surface area contributed by atoms with Crippen LogP contribution in [0.5, 0.6) is 0 Å². The Morgan fingerprint density at radius 2 is 1.85 bits per heavy atom. The topological polar surface area (TPSA) is 64.2 Å². The lowest BCUT2D eigenvalue weighted by molar-refractivity contribution is -0.122. The molecule has 0 radical (unpaired) electrons. The summed E-state index contributed by atoms with van der Waals surface area (Å²) in [6.45, 7) is 9.11. The van der Waals surface area contributed by atoms with Crippen molar-refractivity contribution in [3.05, 3.63) is 53.7 Å². The van der Waals surface area contributed by atoms with Crippen molar-refractivity contribution >= 4 is 11.6 Å². The largest absolute Gasteiger partial charge is 0.349 e. The van der Waals surface area contributed by atoms with Crippen molar-refractivity contribution in [1.29, 1.82) is 0 Å². The van der Waals surface area contributed by atoms with E-state index in [1.165, 1.54) is 11.4 Å². The molecule has 0 spiro atoms. The maximum atomic E-state index is 12.6. The van der Waals surface area contributed by atoms with E-state index >= 15 is 0 Å². The van der Waals surface area contributed by atoms with Gasteiger partial charge in [-0.25, -0.2) is 0 Å². The van der Waals surface area contributed by atoms with Crippen LogP contribution in [0.2, 0.25) is 0 Å². The van der Waals surface area contributed by atoms with Gasteiger partial charge in [0, 0.05) is 30.6 Å². The van der Waals surface area contributed by atoms with E-state index in [4.69, 9.17) is 0 Å².